The van der Waals surface area contributed by atoms with Crippen molar-refractivity contribution < 1.29 is 9.63 Å². The fourth-order valence-electron chi connectivity index (χ4n) is 0.862. The third kappa shape index (κ3) is 2.19. The molecule has 13 heavy (non-hydrogen) atoms. The maximum atomic E-state index is 11.0. The Morgan fingerprint density at radius 3 is 2.85 bits per heavy atom. The number of rotatable bonds is 2. The monoisotopic (exact) mass is 184 g/mol. The van der Waals surface area contributed by atoms with Gasteiger partial charge in [0.1, 0.15) is 0 Å². The molecule has 1 aromatic heterocycles. The van der Waals surface area contributed by atoms with Crippen molar-refractivity contribution in [1.29, 1.82) is 0 Å². The molecule has 0 radical (unpaired) electrons. The minimum Gasteiger partial charge on any atom is -0.303 e. The van der Waals surface area contributed by atoms with Gasteiger partial charge in [-0.1, -0.05) is 0 Å². The molecule has 0 unspecified atom stereocenters. The number of hydroxylamine groups is 1. The van der Waals surface area contributed by atoms with Crippen molar-refractivity contribution in [2.75, 3.05) is 12.4 Å². The first-order valence-corrected chi connectivity index (χ1v) is 3.73. The van der Waals surface area contributed by atoms with E-state index in [1.54, 1.807) is 17.9 Å². The summed E-state index contributed by atoms with van der Waals surface area (Å²) >= 11 is 0. The van der Waals surface area contributed by atoms with Crippen LogP contribution < -0.4 is 10.8 Å². The Bertz CT molecular complexity index is 307. The third-order valence-electron chi connectivity index (χ3n) is 1.68. The highest BCUT2D eigenvalue weighted by atomic mass is 16.6. The summed E-state index contributed by atoms with van der Waals surface area (Å²) in [6.45, 7) is 1.86. The van der Waals surface area contributed by atoms with Crippen LogP contribution in [0, 0.1) is 6.92 Å². The topological polar surface area (TPSA) is 68.2 Å². The number of amides is 2. The second kappa shape index (κ2) is 3.90. The molecule has 2 amide bonds. The van der Waals surface area contributed by atoms with Crippen LogP contribution >= 0.6 is 0 Å². The van der Waals surface area contributed by atoms with Crippen molar-refractivity contribution in [3.05, 3.63) is 11.9 Å². The Labute approximate surface area is 75.8 Å². The van der Waals surface area contributed by atoms with Crippen molar-refractivity contribution in [3.63, 3.8) is 0 Å². The molecule has 1 aromatic rings. The summed E-state index contributed by atoms with van der Waals surface area (Å²) in [5.74, 6) is 0. The van der Waals surface area contributed by atoms with Crippen LogP contribution in [0.15, 0.2) is 6.20 Å². The summed E-state index contributed by atoms with van der Waals surface area (Å²) in [6.07, 6.45) is 1.57. The fourth-order valence-corrected chi connectivity index (χ4v) is 0.862. The van der Waals surface area contributed by atoms with E-state index < -0.39 is 6.03 Å². The molecular weight excluding hydrogens is 172 g/mol. The SMILES string of the molecule is CONC(=O)Nc1cnn(C)c1C. The molecule has 0 saturated heterocycles. The molecule has 0 aliphatic rings. The van der Waals surface area contributed by atoms with Crippen molar-refractivity contribution >= 4 is 11.7 Å². The molecule has 0 saturated carbocycles. The number of carbonyl (C=O) groups excluding carboxylic acids is 1. The van der Waals surface area contributed by atoms with Crippen LogP contribution in [0.4, 0.5) is 10.5 Å². The van der Waals surface area contributed by atoms with Gasteiger partial charge in [0, 0.05) is 7.05 Å². The van der Waals surface area contributed by atoms with E-state index in [0.717, 1.165) is 5.69 Å². The summed E-state index contributed by atoms with van der Waals surface area (Å²) in [7, 11) is 3.17. The Hall–Kier alpha value is -1.56. The molecular formula is C7H12N4O2. The van der Waals surface area contributed by atoms with Gasteiger partial charge in [-0.3, -0.25) is 9.52 Å². The minimum atomic E-state index is -0.418. The van der Waals surface area contributed by atoms with Crippen molar-refractivity contribution in [2.45, 2.75) is 6.92 Å². The number of carbonyl (C=O) groups is 1. The molecule has 0 bridgehead atoms. The second-order valence-corrected chi connectivity index (χ2v) is 2.53. The van der Waals surface area contributed by atoms with E-state index in [0.29, 0.717) is 5.69 Å². The number of hydrogen-bond acceptors (Lipinski definition) is 3. The molecule has 72 valence electrons. The molecule has 0 aliphatic heterocycles. The van der Waals surface area contributed by atoms with E-state index in [-0.39, 0.29) is 0 Å². The number of aryl methyl sites for hydroxylation is 1. The van der Waals surface area contributed by atoms with Crippen LogP contribution in [0.1, 0.15) is 5.69 Å². The Balaban J connectivity index is 2.64. The number of aromatic nitrogens is 2. The van der Waals surface area contributed by atoms with E-state index in [4.69, 9.17) is 0 Å². The molecule has 1 heterocycles. The van der Waals surface area contributed by atoms with Gasteiger partial charge in [-0.25, -0.2) is 10.3 Å². The minimum absolute atomic E-state index is 0.418. The molecule has 6 nitrogen and oxygen atoms in total. The lowest BCUT2D eigenvalue weighted by atomic mass is 10.4. The lowest BCUT2D eigenvalue weighted by molar-refractivity contribution is 0.114. The van der Waals surface area contributed by atoms with E-state index in [1.807, 2.05) is 6.92 Å². The molecule has 2 N–H and O–H groups in total. The van der Waals surface area contributed by atoms with E-state index >= 15 is 0 Å². The standard InChI is InChI=1S/C7H12N4O2/c1-5-6(4-8-11(5)2)9-7(12)10-13-3/h4H,1-3H3,(H2,9,10,12). The van der Waals surface area contributed by atoms with Gasteiger partial charge in [0.25, 0.3) is 0 Å². The van der Waals surface area contributed by atoms with Crippen LogP contribution in [-0.4, -0.2) is 22.9 Å². The maximum Gasteiger partial charge on any atom is 0.343 e. The van der Waals surface area contributed by atoms with Crippen molar-refractivity contribution in [2.24, 2.45) is 7.05 Å². The Morgan fingerprint density at radius 1 is 1.69 bits per heavy atom. The highest BCUT2D eigenvalue weighted by Crippen LogP contribution is 2.11. The van der Waals surface area contributed by atoms with Gasteiger partial charge in [-0.2, -0.15) is 5.10 Å². The van der Waals surface area contributed by atoms with Gasteiger partial charge in [0.05, 0.1) is 24.7 Å². The van der Waals surface area contributed by atoms with Gasteiger partial charge >= 0.3 is 6.03 Å². The summed E-state index contributed by atoms with van der Waals surface area (Å²) in [4.78, 5) is 15.4. The number of urea groups is 1. The van der Waals surface area contributed by atoms with Crippen LogP contribution in [0.5, 0.6) is 0 Å². The Morgan fingerprint density at radius 2 is 2.38 bits per heavy atom. The van der Waals surface area contributed by atoms with Crippen LogP contribution in [-0.2, 0) is 11.9 Å². The number of hydrogen-bond donors (Lipinski definition) is 2. The summed E-state index contributed by atoms with van der Waals surface area (Å²) < 4.78 is 1.67. The lowest BCUT2D eigenvalue weighted by Gasteiger charge is -2.03. The van der Waals surface area contributed by atoms with Gasteiger partial charge < -0.3 is 5.32 Å². The van der Waals surface area contributed by atoms with Crippen molar-refractivity contribution in [3.8, 4) is 0 Å². The highest BCUT2D eigenvalue weighted by Gasteiger charge is 2.06. The van der Waals surface area contributed by atoms with E-state index in [1.165, 1.54) is 7.11 Å². The van der Waals surface area contributed by atoms with Gasteiger partial charge in [0.2, 0.25) is 0 Å². The number of anilines is 1. The van der Waals surface area contributed by atoms with Crippen molar-refractivity contribution in [1.82, 2.24) is 15.3 Å². The molecule has 1 rings (SSSR count). The zero-order chi connectivity index (χ0) is 9.84. The molecule has 0 aliphatic carbocycles. The van der Waals surface area contributed by atoms with Crippen LogP contribution in [0.2, 0.25) is 0 Å². The summed E-state index contributed by atoms with van der Waals surface area (Å²) in [5, 5.41) is 6.54. The summed E-state index contributed by atoms with van der Waals surface area (Å²) in [5.41, 5.74) is 3.69. The molecule has 0 atom stereocenters. The quantitative estimate of drug-likeness (QED) is 0.654. The number of nitrogens with zero attached hydrogens (tertiary/aromatic N) is 2. The first kappa shape index (κ1) is 9.53. The average molecular weight is 184 g/mol. The fraction of sp³-hybridized carbons (Fsp3) is 0.429. The third-order valence-corrected chi connectivity index (χ3v) is 1.68. The van der Waals surface area contributed by atoms with Crippen LogP contribution in [0.3, 0.4) is 0 Å². The summed E-state index contributed by atoms with van der Waals surface area (Å²) in [6, 6.07) is -0.418. The Kier molecular flexibility index (Phi) is 2.86. The smallest absolute Gasteiger partial charge is 0.303 e. The zero-order valence-electron chi connectivity index (χ0n) is 7.79. The highest BCUT2D eigenvalue weighted by molar-refractivity contribution is 5.88. The normalized spacial score (nSPS) is 9.77. The predicted molar refractivity (Wildman–Crippen MR) is 47.1 cm³/mol. The predicted octanol–water partition coefficient (Wildman–Crippen LogP) is 0.411. The average Bonchev–Trinajstić information content (AvgIpc) is 2.37. The molecule has 6 heteroatoms. The largest absolute Gasteiger partial charge is 0.343 e. The van der Waals surface area contributed by atoms with E-state index in [2.05, 4.69) is 20.7 Å². The first-order valence-electron chi connectivity index (χ1n) is 3.73. The maximum absolute atomic E-state index is 11.0. The molecule has 0 fully saturated rings. The lowest BCUT2D eigenvalue weighted by Crippen LogP contribution is -2.27. The van der Waals surface area contributed by atoms with Gasteiger partial charge in [-0.05, 0) is 6.92 Å². The number of nitrogens with one attached hydrogen (secondary N) is 2. The van der Waals surface area contributed by atoms with Crippen LogP contribution in [0.25, 0.3) is 0 Å². The zero-order valence-corrected chi connectivity index (χ0v) is 7.79. The molecule has 0 aromatic carbocycles. The van der Waals surface area contributed by atoms with Gasteiger partial charge in [0.15, 0.2) is 0 Å². The van der Waals surface area contributed by atoms with E-state index in [9.17, 15) is 4.79 Å². The second-order valence-electron chi connectivity index (χ2n) is 2.53. The first-order chi connectivity index (χ1) is 6.15. The van der Waals surface area contributed by atoms with Gasteiger partial charge in [-0.15, -0.1) is 0 Å². The molecule has 0 spiro atoms.